The van der Waals surface area contributed by atoms with Crippen molar-refractivity contribution in [3.63, 3.8) is 0 Å². The smallest absolute Gasteiger partial charge is 0.225 e. The molecule has 0 atom stereocenters. The molecule has 1 heterocycles. The van der Waals surface area contributed by atoms with Crippen molar-refractivity contribution < 1.29 is 9.53 Å². The highest BCUT2D eigenvalue weighted by molar-refractivity contribution is 5.78. The van der Waals surface area contributed by atoms with Gasteiger partial charge in [-0.05, 0) is 48.9 Å². The van der Waals surface area contributed by atoms with E-state index in [9.17, 15) is 4.79 Å². The molecule has 0 radical (unpaired) electrons. The summed E-state index contributed by atoms with van der Waals surface area (Å²) in [4.78, 5) is 14.4. The zero-order valence-corrected chi connectivity index (χ0v) is 12.0. The number of methoxy groups -OCH3 is 1. The molecule has 20 heavy (non-hydrogen) atoms. The number of benzene rings is 1. The first-order chi connectivity index (χ1) is 9.62. The Morgan fingerprint density at radius 3 is 2.85 bits per heavy atom. The van der Waals surface area contributed by atoms with Crippen molar-refractivity contribution in [2.45, 2.75) is 44.2 Å². The Morgan fingerprint density at radius 1 is 1.40 bits per heavy atom. The summed E-state index contributed by atoms with van der Waals surface area (Å²) in [6, 6.07) is 6.00. The second-order valence-corrected chi connectivity index (χ2v) is 6.01. The van der Waals surface area contributed by atoms with Crippen molar-refractivity contribution in [1.82, 2.24) is 4.90 Å². The monoisotopic (exact) mass is 274 g/mol. The van der Waals surface area contributed by atoms with E-state index in [-0.39, 0.29) is 11.5 Å². The van der Waals surface area contributed by atoms with Crippen LogP contribution in [0.15, 0.2) is 18.2 Å². The van der Waals surface area contributed by atoms with Crippen molar-refractivity contribution >= 4 is 11.6 Å². The number of nitrogens with zero attached hydrogens (tertiary/aromatic N) is 1. The number of carbonyl (C=O) groups is 1. The van der Waals surface area contributed by atoms with Crippen molar-refractivity contribution in [3.8, 4) is 0 Å². The molecule has 0 spiro atoms. The van der Waals surface area contributed by atoms with Gasteiger partial charge in [-0.2, -0.15) is 0 Å². The van der Waals surface area contributed by atoms with Crippen LogP contribution in [-0.4, -0.2) is 30.1 Å². The topological polar surface area (TPSA) is 55.6 Å². The molecule has 1 saturated carbocycles. The summed E-state index contributed by atoms with van der Waals surface area (Å²) in [5, 5.41) is 0. The number of amides is 1. The zero-order valence-electron chi connectivity index (χ0n) is 12.0. The Labute approximate surface area is 119 Å². The SMILES string of the molecule is COC1(CC(=O)N2CCc3ccc(N)cc3C2)CCC1. The molecule has 1 aromatic rings. The van der Waals surface area contributed by atoms with Crippen LogP contribution in [0.1, 0.15) is 36.8 Å². The largest absolute Gasteiger partial charge is 0.399 e. The molecule has 0 saturated heterocycles. The van der Waals surface area contributed by atoms with E-state index in [1.165, 1.54) is 17.5 Å². The normalized spacial score (nSPS) is 20.1. The molecule has 4 heteroatoms. The molecule has 1 fully saturated rings. The summed E-state index contributed by atoms with van der Waals surface area (Å²) in [7, 11) is 1.72. The van der Waals surface area contributed by atoms with E-state index in [0.717, 1.165) is 31.5 Å². The highest BCUT2D eigenvalue weighted by Gasteiger charge is 2.40. The molecule has 108 valence electrons. The number of ether oxygens (including phenoxy) is 1. The number of anilines is 1. The molecular weight excluding hydrogens is 252 g/mol. The van der Waals surface area contributed by atoms with Crippen LogP contribution in [0.4, 0.5) is 5.69 Å². The molecule has 1 aliphatic carbocycles. The average Bonchev–Trinajstić information content (AvgIpc) is 2.41. The molecule has 2 aliphatic rings. The minimum Gasteiger partial charge on any atom is -0.399 e. The number of hydrogen-bond donors (Lipinski definition) is 1. The molecule has 2 N–H and O–H groups in total. The highest BCUT2D eigenvalue weighted by atomic mass is 16.5. The Balaban J connectivity index is 1.68. The van der Waals surface area contributed by atoms with Crippen LogP contribution in [0.3, 0.4) is 0 Å². The van der Waals surface area contributed by atoms with Gasteiger partial charge >= 0.3 is 0 Å². The van der Waals surface area contributed by atoms with E-state index in [1.54, 1.807) is 7.11 Å². The number of nitrogen functional groups attached to an aromatic ring is 1. The fourth-order valence-corrected chi connectivity index (χ4v) is 3.20. The Hall–Kier alpha value is -1.55. The van der Waals surface area contributed by atoms with E-state index < -0.39 is 0 Å². The van der Waals surface area contributed by atoms with E-state index in [2.05, 4.69) is 6.07 Å². The minimum atomic E-state index is -0.187. The lowest BCUT2D eigenvalue weighted by Gasteiger charge is -2.41. The summed E-state index contributed by atoms with van der Waals surface area (Å²) in [5.41, 5.74) is 8.91. The van der Waals surface area contributed by atoms with E-state index in [4.69, 9.17) is 10.5 Å². The van der Waals surface area contributed by atoms with Gasteiger partial charge < -0.3 is 15.4 Å². The average molecular weight is 274 g/mol. The third-order valence-electron chi connectivity index (χ3n) is 4.77. The number of rotatable bonds is 3. The van der Waals surface area contributed by atoms with E-state index >= 15 is 0 Å². The molecule has 1 aromatic carbocycles. The van der Waals surface area contributed by atoms with Crippen LogP contribution in [0.2, 0.25) is 0 Å². The maximum absolute atomic E-state index is 12.5. The molecule has 4 nitrogen and oxygen atoms in total. The number of carbonyl (C=O) groups excluding carboxylic acids is 1. The van der Waals surface area contributed by atoms with Crippen LogP contribution in [-0.2, 0) is 22.5 Å². The lowest BCUT2D eigenvalue weighted by atomic mass is 9.77. The highest BCUT2D eigenvalue weighted by Crippen LogP contribution is 2.38. The van der Waals surface area contributed by atoms with Crippen LogP contribution >= 0.6 is 0 Å². The summed E-state index contributed by atoms with van der Waals surface area (Å²) in [6.45, 7) is 1.48. The molecule has 0 aromatic heterocycles. The van der Waals surface area contributed by atoms with Crippen LogP contribution < -0.4 is 5.73 Å². The Bertz CT molecular complexity index is 518. The van der Waals surface area contributed by atoms with Gasteiger partial charge in [0.05, 0.1) is 12.0 Å². The number of nitrogens with two attached hydrogens (primary N) is 1. The van der Waals surface area contributed by atoms with Gasteiger partial charge in [-0.15, -0.1) is 0 Å². The van der Waals surface area contributed by atoms with Gasteiger partial charge in [-0.1, -0.05) is 6.07 Å². The summed E-state index contributed by atoms with van der Waals surface area (Å²) < 4.78 is 5.56. The van der Waals surface area contributed by atoms with Gasteiger partial charge in [0.15, 0.2) is 0 Å². The molecule has 0 bridgehead atoms. The van der Waals surface area contributed by atoms with E-state index in [0.29, 0.717) is 13.0 Å². The molecule has 0 unspecified atom stereocenters. The second kappa shape index (κ2) is 5.09. The molecule has 1 amide bonds. The lowest BCUT2D eigenvalue weighted by molar-refractivity contribution is -0.145. The zero-order chi connectivity index (χ0) is 14.2. The third kappa shape index (κ3) is 2.40. The van der Waals surface area contributed by atoms with Gasteiger partial charge in [0.2, 0.25) is 5.91 Å². The van der Waals surface area contributed by atoms with Gasteiger partial charge in [-0.25, -0.2) is 0 Å². The molecule has 3 rings (SSSR count). The number of hydrogen-bond acceptors (Lipinski definition) is 3. The van der Waals surface area contributed by atoms with Gasteiger partial charge in [-0.3, -0.25) is 4.79 Å². The number of fused-ring (bicyclic) bond motifs is 1. The fraction of sp³-hybridized carbons (Fsp3) is 0.562. The van der Waals surface area contributed by atoms with Gasteiger partial charge in [0.25, 0.3) is 0 Å². The van der Waals surface area contributed by atoms with E-state index in [1.807, 2.05) is 17.0 Å². The van der Waals surface area contributed by atoms with Crippen molar-refractivity contribution in [2.24, 2.45) is 0 Å². The van der Waals surface area contributed by atoms with Crippen molar-refractivity contribution in [2.75, 3.05) is 19.4 Å². The standard InChI is InChI=1S/C16H22N2O2/c1-20-16(6-2-7-16)10-15(19)18-8-5-12-3-4-14(17)9-13(12)11-18/h3-4,9H,2,5-8,10-11,17H2,1H3. The van der Waals surface area contributed by atoms with Crippen LogP contribution in [0.5, 0.6) is 0 Å². The predicted molar refractivity (Wildman–Crippen MR) is 78.2 cm³/mol. The Morgan fingerprint density at radius 2 is 2.20 bits per heavy atom. The maximum atomic E-state index is 12.5. The first kappa shape index (κ1) is 13.4. The molecular formula is C16H22N2O2. The summed E-state index contributed by atoms with van der Waals surface area (Å²) >= 11 is 0. The third-order valence-corrected chi connectivity index (χ3v) is 4.77. The first-order valence-corrected chi connectivity index (χ1v) is 7.32. The Kier molecular flexibility index (Phi) is 3.42. The van der Waals surface area contributed by atoms with Crippen molar-refractivity contribution in [1.29, 1.82) is 0 Å². The van der Waals surface area contributed by atoms with Gasteiger partial charge in [0, 0.05) is 25.9 Å². The molecule has 1 aliphatic heterocycles. The van der Waals surface area contributed by atoms with Crippen LogP contribution in [0, 0.1) is 0 Å². The minimum absolute atomic E-state index is 0.187. The summed E-state index contributed by atoms with van der Waals surface area (Å²) in [6.07, 6.45) is 4.61. The maximum Gasteiger partial charge on any atom is 0.225 e. The first-order valence-electron chi connectivity index (χ1n) is 7.32. The quantitative estimate of drug-likeness (QED) is 0.859. The lowest BCUT2D eigenvalue weighted by Crippen LogP contribution is -2.46. The van der Waals surface area contributed by atoms with Crippen molar-refractivity contribution in [3.05, 3.63) is 29.3 Å². The van der Waals surface area contributed by atoms with Gasteiger partial charge in [0.1, 0.15) is 0 Å². The second-order valence-electron chi connectivity index (χ2n) is 6.01. The van der Waals surface area contributed by atoms with Crippen LogP contribution in [0.25, 0.3) is 0 Å². The summed E-state index contributed by atoms with van der Waals surface area (Å²) in [5.74, 6) is 0.208. The predicted octanol–water partition coefficient (Wildman–Crippen LogP) is 2.11. The fourth-order valence-electron chi connectivity index (χ4n) is 3.20.